The summed E-state index contributed by atoms with van der Waals surface area (Å²) in [6.45, 7) is 4.64. The molecule has 3 atom stereocenters. The van der Waals surface area contributed by atoms with Gasteiger partial charge in [0.25, 0.3) is 0 Å². The average molecular weight is 229 g/mol. The zero-order valence-corrected chi connectivity index (χ0v) is 10.9. The molecule has 1 heterocycles. The van der Waals surface area contributed by atoms with Crippen molar-refractivity contribution in [1.82, 2.24) is 5.32 Å². The van der Waals surface area contributed by atoms with Crippen LogP contribution in [0.2, 0.25) is 0 Å². The summed E-state index contributed by atoms with van der Waals surface area (Å²) in [5.41, 5.74) is 0.316. The van der Waals surface area contributed by atoms with Crippen LogP contribution in [0.3, 0.4) is 0 Å². The molecule has 0 bridgehead atoms. The van der Waals surface area contributed by atoms with Crippen molar-refractivity contribution < 1.29 is 4.74 Å². The highest BCUT2D eigenvalue weighted by molar-refractivity contribution is 7.99. The average Bonchev–Trinajstić information content (AvgIpc) is 2.25. The third-order valence-corrected chi connectivity index (χ3v) is 5.27. The fourth-order valence-electron chi connectivity index (χ4n) is 2.72. The van der Waals surface area contributed by atoms with Crippen LogP contribution in [0.5, 0.6) is 0 Å². The normalized spacial score (nSPS) is 39.8. The molecule has 88 valence electrons. The minimum absolute atomic E-state index is 0.316. The first kappa shape index (κ1) is 11.7. The van der Waals surface area contributed by atoms with Crippen LogP contribution in [0.25, 0.3) is 0 Å². The van der Waals surface area contributed by atoms with Crippen LogP contribution in [0.1, 0.15) is 33.1 Å². The molecule has 0 aromatic carbocycles. The molecule has 0 aromatic heterocycles. The molecule has 2 aliphatic rings. The van der Waals surface area contributed by atoms with Crippen molar-refractivity contribution in [2.75, 3.05) is 18.6 Å². The van der Waals surface area contributed by atoms with Crippen LogP contribution < -0.4 is 5.32 Å². The Morgan fingerprint density at radius 3 is 2.73 bits per heavy atom. The Balaban J connectivity index is 1.81. The van der Waals surface area contributed by atoms with Crippen molar-refractivity contribution in [3.8, 4) is 0 Å². The third kappa shape index (κ3) is 2.34. The summed E-state index contributed by atoms with van der Waals surface area (Å²) < 4.78 is 5.48. The van der Waals surface area contributed by atoms with Gasteiger partial charge in [-0.25, -0.2) is 0 Å². The maximum absolute atomic E-state index is 5.48. The fraction of sp³-hybridized carbons (Fsp3) is 1.00. The molecular weight excluding hydrogens is 206 g/mol. The molecule has 2 nitrogen and oxygen atoms in total. The number of nitrogens with one attached hydrogen (secondary N) is 1. The molecule has 1 aliphatic heterocycles. The lowest BCUT2D eigenvalue weighted by atomic mass is 9.64. The second-order valence-electron chi connectivity index (χ2n) is 5.41. The lowest BCUT2D eigenvalue weighted by Gasteiger charge is -2.52. The molecule has 2 fully saturated rings. The predicted octanol–water partition coefficient (Wildman–Crippen LogP) is 2.29. The number of ether oxygens (including phenoxy) is 1. The minimum atomic E-state index is 0.316. The SMILES string of the molecule is COC1CC(NC2CCCSC2)C1(C)C. The molecular formula is C12H23NOS. The molecule has 0 amide bonds. The summed E-state index contributed by atoms with van der Waals surface area (Å²) in [5.74, 6) is 2.65. The highest BCUT2D eigenvalue weighted by Crippen LogP contribution is 2.42. The second kappa shape index (κ2) is 4.64. The van der Waals surface area contributed by atoms with Gasteiger partial charge in [0.05, 0.1) is 6.10 Å². The van der Waals surface area contributed by atoms with E-state index in [-0.39, 0.29) is 0 Å². The standard InChI is InChI=1S/C12H23NOS/c1-12(2)10(7-11(12)14-3)13-9-5-4-6-15-8-9/h9-11,13H,4-8H2,1-3H3. The van der Waals surface area contributed by atoms with E-state index in [1.54, 1.807) is 0 Å². The van der Waals surface area contributed by atoms with Crippen LogP contribution in [0, 0.1) is 5.41 Å². The largest absolute Gasteiger partial charge is 0.381 e. The molecule has 1 N–H and O–H groups in total. The van der Waals surface area contributed by atoms with Crippen LogP contribution in [-0.2, 0) is 4.74 Å². The smallest absolute Gasteiger partial charge is 0.0652 e. The summed E-state index contributed by atoms with van der Waals surface area (Å²) in [6, 6.07) is 1.40. The molecule has 2 rings (SSSR count). The van der Waals surface area contributed by atoms with Crippen molar-refractivity contribution in [1.29, 1.82) is 0 Å². The fourth-order valence-corrected chi connectivity index (χ4v) is 3.81. The molecule has 1 saturated heterocycles. The molecule has 3 unspecified atom stereocenters. The van der Waals surface area contributed by atoms with E-state index in [1.165, 1.54) is 30.8 Å². The third-order valence-electron chi connectivity index (χ3n) is 4.06. The summed E-state index contributed by atoms with van der Waals surface area (Å²) in [4.78, 5) is 0. The van der Waals surface area contributed by atoms with Gasteiger partial charge in [-0.05, 0) is 25.0 Å². The number of hydrogen-bond donors (Lipinski definition) is 1. The maximum Gasteiger partial charge on any atom is 0.0652 e. The first-order valence-electron chi connectivity index (χ1n) is 6.01. The molecule has 1 saturated carbocycles. The van der Waals surface area contributed by atoms with Gasteiger partial charge in [-0.15, -0.1) is 0 Å². The Labute approximate surface area is 97.5 Å². The lowest BCUT2D eigenvalue weighted by molar-refractivity contribution is -0.0998. The molecule has 15 heavy (non-hydrogen) atoms. The van der Waals surface area contributed by atoms with E-state index < -0.39 is 0 Å². The van der Waals surface area contributed by atoms with E-state index in [0.29, 0.717) is 17.6 Å². The summed E-state index contributed by atoms with van der Waals surface area (Å²) >= 11 is 2.09. The summed E-state index contributed by atoms with van der Waals surface area (Å²) in [7, 11) is 1.83. The minimum Gasteiger partial charge on any atom is -0.381 e. The second-order valence-corrected chi connectivity index (χ2v) is 6.56. The molecule has 3 heteroatoms. The van der Waals surface area contributed by atoms with Crippen molar-refractivity contribution >= 4 is 11.8 Å². The van der Waals surface area contributed by atoms with Crippen LogP contribution in [0.15, 0.2) is 0 Å². The highest BCUT2D eigenvalue weighted by Gasteiger charge is 2.48. The zero-order valence-electron chi connectivity index (χ0n) is 10.1. The van der Waals surface area contributed by atoms with Gasteiger partial charge in [-0.2, -0.15) is 11.8 Å². The molecule has 0 aromatic rings. The highest BCUT2D eigenvalue weighted by atomic mass is 32.2. The van der Waals surface area contributed by atoms with E-state index >= 15 is 0 Å². The van der Waals surface area contributed by atoms with Crippen LogP contribution in [0.4, 0.5) is 0 Å². The van der Waals surface area contributed by atoms with E-state index in [2.05, 4.69) is 30.9 Å². The Kier molecular flexibility index (Phi) is 3.63. The first-order valence-corrected chi connectivity index (χ1v) is 7.16. The Morgan fingerprint density at radius 2 is 2.20 bits per heavy atom. The Bertz CT molecular complexity index is 214. The van der Waals surface area contributed by atoms with Gasteiger partial charge in [-0.1, -0.05) is 13.8 Å². The maximum atomic E-state index is 5.48. The molecule has 1 aliphatic carbocycles. The number of rotatable bonds is 3. The number of methoxy groups -OCH3 is 1. The molecule has 0 radical (unpaired) electrons. The van der Waals surface area contributed by atoms with Gasteiger partial charge in [0.1, 0.15) is 0 Å². The van der Waals surface area contributed by atoms with Crippen molar-refractivity contribution in [3.05, 3.63) is 0 Å². The predicted molar refractivity (Wildman–Crippen MR) is 66.5 cm³/mol. The zero-order chi connectivity index (χ0) is 10.9. The van der Waals surface area contributed by atoms with E-state index in [9.17, 15) is 0 Å². The van der Waals surface area contributed by atoms with Gasteiger partial charge in [0.15, 0.2) is 0 Å². The van der Waals surface area contributed by atoms with Gasteiger partial charge in [-0.3, -0.25) is 0 Å². The first-order chi connectivity index (χ1) is 7.14. The Morgan fingerprint density at radius 1 is 1.40 bits per heavy atom. The summed E-state index contributed by atoms with van der Waals surface area (Å²) in [5, 5.41) is 3.81. The van der Waals surface area contributed by atoms with Crippen molar-refractivity contribution in [2.24, 2.45) is 5.41 Å². The number of hydrogen-bond acceptors (Lipinski definition) is 3. The quantitative estimate of drug-likeness (QED) is 0.802. The van der Waals surface area contributed by atoms with E-state index in [1.807, 2.05) is 7.11 Å². The van der Waals surface area contributed by atoms with Crippen LogP contribution >= 0.6 is 11.8 Å². The van der Waals surface area contributed by atoms with E-state index in [4.69, 9.17) is 4.74 Å². The number of thioether (sulfide) groups is 1. The van der Waals surface area contributed by atoms with Crippen LogP contribution in [-0.4, -0.2) is 36.8 Å². The van der Waals surface area contributed by atoms with Gasteiger partial charge in [0, 0.05) is 30.4 Å². The van der Waals surface area contributed by atoms with Gasteiger partial charge < -0.3 is 10.1 Å². The topological polar surface area (TPSA) is 21.3 Å². The van der Waals surface area contributed by atoms with Crippen molar-refractivity contribution in [3.63, 3.8) is 0 Å². The lowest BCUT2D eigenvalue weighted by Crippen LogP contribution is -2.63. The van der Waals surface area contributed by atoms with Gasteiger partial charge in [0.2, 0.25) is 0 Å². The van der Waals surface area contributed by atoms with Gasteiger partial charge >= 0.3 is 0 Å². The van der Waals surface area contributed by atoms with Crippen molar-refractivity contribution in [2.45, 2.75) is 51.3 Å². The molecule has 0 spiro atoms. The van der Waals surface area contributed by atoms with E-state index in [0.717, 1.165) is 6.04 Å². The monoisotopic (exact) mass is 229 g/mol. The Hall–Kier alpha value is 0.270. The summed E-state index contributed by atoms with van der Waals surface area (Å²) in [6.07, 6.45) is 4.37.